The summed E-state index contributed by atoms with van der Waals surface area (Å²) in [5, 5.41) is 17.5. The van der Waals surface area contributed by atoms with Crippen LogP contribution in [0.5, 0.6) is 0 Å². The molecule has 0 aliphatic carbocycles. The molecule has 1 N–H and O–H groups in total. The molecule has 9 heteroatoms. The van der Waals surface area contributed by atoms with E-state index in [4.69, 9.17) is 0 Å². The number of carbonyl (C=O) groups is 1. The number of rotatable bonds is 4. The Kier molecular flexibility index (Phi) is 4.99. The predicted molar refractivity (Wildman–Crippen MR) is 100 cm³/mol. The van der Waals surface area contributed by atoms with Crippen LogP contribution in [0.1, 0.15) is 21.7 Å². The molecule has 1 heterocycles. The SMILES string of the molecule is Cc1ccc(NC(=O)c2nn(-c3ccccc3F)c(C)cc2=O)cc1[N+](=O)[O-]. The highest BCUT2D eigenvalue weighted by Gasteiger charge is 2.18. The molecule has 0 radical (unpaired) electrons. The van der Waals surface area contributed by atoms with Gasteiger partial charge in [0.2, 0.25) is 5.43 Å². The maximum Gasteiger partial charge on any atom is 0.280 e. The van der Waals surface area contributed by atoms with E-state index in [-0.39, 0.29) is 17.1 Å². The fourth-order valence-electron chi connectivity index (χ4n) is 2.65. The molecule has 0 atom stereocenters. The number of nitrogens with zero attached hydrogens (tertiary/aromatic N) is 3. The molecule has 0 saturated heterocycles. The Labute approximate surface area is 158 Å². The summed E-state index contributed by atoms with van der Waals surface area (Å²) in [6.07, 6.45) is 0. The van der Waals surface area contributed by atoms with Crippen LogP contribution in [0, 0.1) is 29.8 Å². The molecule has 0 bridgehead atoms. The molecule has 142 valence electrons. The number of nitro groups is 1. The molecule has 0 spiro atoms. The van der Waals surface area contributed by atoms with Crippen LogP contribution < -0.4 is 10.7 Å². The molecule has 8 nitrogen and oxygen atoms in total. The van der Waals surface area contributed by atoms with Gasteiger partial charge in [0.15, 0.2) is 5.69 Å². The number of nitro benzene ring substituents is 1. The lowest BCUT2D eigenvalue weighted by molar-refractivity contribution is -0.385. The number of aryl methyl sites for hydroxylation is 2. The van der Waals surface area contributed by atoms with Gasteiger partial charge in [-0.3, -0.25) is 19.7 Å². The number of hydrogen-bond acceptors (Lipinski definition) is 5. The van der Waals surface area contributed by atoms with E-state index in [0.29, 0.717) is 11.3 Å². The van der Waals surface area contributed by atoms with Crippen molar-refractivity contribution in [2.45, 2.75) is 13.8 Å². The van der Waals surface area contributed by atoms with E-state index in [1.807, 2.05) is 0 Å². The van der Waals surface area contributed by atoms with Crippen LogP contribution in [0.2, 0.25) is 0 Å². The summed E-state index contributed by atoms with van der Waals surface area (Å²) >= 11 is 0. The van der Waals surface area contributed by atoms with Crippen LogP contribution >= 0.6 is 0 Å². The maximum absolute atomic E-state index is 14.1. The Balaban J connectivity index is 2.00. The Morgan fingerprint density at radius 1 is 1.18 bits per heavy atom. The first-order chi connectivity index (χ1) is 13.3. The molecule has 28 heavy (non-hydrogen) atoms. The molecule has 0 aliphatic rings. The monoisotopic (exact) mass is 382 g/mol. The van der Waals surface area contributed by atoms with E-state index in [9.17, 15) is 24.1 Å². The van der Waals surface area contributed by atoms with E-state index in [1.165, 1.54) is 42.5 Å². The van der Waals surface area contributed by atoms with Gasteiger partial charge in [-0.2, -0.15) is 5.10 Å². The molecule has 2 aromatic carbocycles. The second kappa shape index (κ2) is 7.39. The number of hydrogen-bond donors (Lipinski definition) is 1. The standard InChI is InChI=1S/C19H15FN4O4/c1-11-7-8-13(10-16(11)24(27)28)21-19(26)18-17(25)9-12(2)23(22-18)15-6-4-3-5-14(15)20/h3-10H,1-2H3,(H,21,26). The first-order valence-corrected chi connectivity index (χ1v) is 8.20. The number of amides is 1. The van der Waals surface area contributed by atoms with Gasteiger partial charge in [0, 0.05) is 29.1 Å². The number of halogens is 1. The molecule has 3 rings (SSSR count). The summed E-state index contributed by atoms with van der Waals surface area (Å²) in [6.45, 7) is 3.13. The molecule has 0 aliphatic heterocycles. The Morgan fingerprint density at radius 2 is 1.89 bits per heavy atom. The van der Waals surface area contributed by atoms with Crippen molar-refractivity contribution in [1.82, 2.24) is 9.78 Å². The highest BCUT2D eigenvalue weighted by Crippen LogP contribution is 2.22. The quantitative estimate of drug-likeness (QED) is 0.551. The smallest absolute Gasteiger partial charge is 0.280 e. The van der Waals surface area contributed by atoms with Crippen molar-refractivity contribution in [3.05, 3.63) is 91.6 Å². The minimum atomic E-state index is -0.853. The zero-order chi connectivity index (χ0) is 20.4. The highest BCUT2D eigenvalue weighted by atomic mass is 19.1. The second-order valence-electron chi connectivity index (χ2n) is 6.07. The van der Waals surface area contributed by atoms with Gasteiger partial charge >= 0.3 is 0 Å². The third kappa shape index (κ3) is 3.63. The van der Waals surface area contributed by atoms with Gasteiger partial charge in [-0.15, -0.1) is 0 Å². The zero-order valence-corrected chi connectivity index (χ0v) is 15.0. The summed E-state index contributed by atoms with van der Waals surface area (Å²) < 4.78 is 15.2. The zero-order valence-electron chi connectivity index (χ0n) is 15.0. The van der Waals surface area contributed by atoms with Gasteiger partial charge in [0.05, 0.1) is 4.92 Å². The predicted octanol–water partition coefficient (Wildman–Crippen LogP) is 3.15. The van der Waals surface area contributed by atoms with Crippen molar-refractivity contribution in [2.75, 3.05) is 5.32 Å². The van der Waals surface area contributed by atoms with Crippen molar-refractivity contribution in [3.63, 3.8) is 0 Å². The average molecular weight is 382 g/mol. The van der Waals surface area contributed by atoms with Gasteiger partial charge in [-0.05, 0) is 32.0 Å². The highest BCUT2D eigenvalue weighted by molar-refractivity contribution is 6.02. The van der Waals surface area contributed by atoms with Crippen LogP contribution in [0.4, 0.5) is 15.8 Å². The van der Waals surface area contributed by atoms with Gasteiger partial charge in [-0.1, -0.05) is 18.2 Å². The topological polar surface area (TPSA) is 107 Å². The van der Waals surface area contributed by atoms with Crippen LogP contribution in [-0.4, -0.2) is 20.6 Å². The van der Waals surface area contributed by atoms with Crippen LogP contribution in [0.3, 0.4) is 0 Å². The Morgan fingerprint density at radius 3 is 2.57 bits per heavy atom. The van der Waals surface area contributed by atoms with Gasteiger partial charge < -0.3 is 5.32 Å². The Bertz CT molecular complexity index is 1160. The summed E-state index contributed by atoms with van der Waals surface area (Å²) in [6, 6.07) is 11.1. The Hall–Kier alpha value is -3.88. The first kappa shape index (κ1) is 18.9. The number of benzene rings is 2. The van der Waals surface area contributed by atoms with Crippen molar-refractivity contribution in [3.8, 4) is 5.69 Å². The third-order valence-electron chi connectivity index (χ3n) is 4.07. The molecule has 1 amide bonds. The van der Waals surface area contributed by atoms with Gasteiger partial charge in [0.25, 0.3) is 11.6 Å². The maximum atomic E-state index is 14.1. The number of aromatic nitrogens is 2. The third-order valence-corrected chi connectivity index (χ3v) is 4.07. The van der Waals surface area contributed by atoms with E-state index >= 15 is 0 Å². The number of carbonyl (C=O) groups excluding carboxylic acids is 1. The molecule has 1 aromatic heterocycles. The van der Waals surface area contributed by atoms with E-state index in [1.54, 1.807) is 19.9 Å². The lowest BCUT2D eigenvalue weighted by atomic mass is 10.2. The van der Waals surface area contributed by atoms with Crippen molar-refractivity contribution >= 4 is 17.3 Å². The molecular weight excluding hydrogens is 367 g/mol. The minimum Gasteiger partial charge on any atom is -0.320 e. The van der Waals surface area contributed by atoms with Crippen LogP contribution in [0.15, 0.2) is 53.3 Å². The van der Waals surface area contributed by atoms with E-state index in [0.717, 1.165) is 4.68 Å². The summed E-state index contributed by atoms with van der Waals surface area (Å²) in [4.78, 5) is 35.2. The fraction of sp³-hybridized carbons (Fsp3) is 0.105. The summed E-state index contributed by atoms with van der Waals surface area (Å²) in [7, 11) is 0. The molecule has 3 aromatic rings. The van der Waals surface area contributed by atoms with Crippen molar-refractivity contribution < 1.29 is 14.1 Å². The van der Waals surface area contributed by atoms with Crippen molar-refractivity contribution in [1.29, 1.82) is 0 Å². The van der Waals surface area contributed by atoms with Crippen LogP contribution in [-0.2, 0) is 0 Å². The minimum absolute atomic E-state index is 0.0834. The van der Waals surface area contributed by atoms with Crippen LogP contribution in [0.25, 0.3) is 5.69 Å². The lowest BCUT2D eigenvalue weighted by Crippen LogP contribution is -2.27. The average Bonchev–Trinajstić information content (AvgIpc) is 2.64. The van der Waals surface area contributed by atoms with E-state index < -0.39 is 27.8 Å². The number of para-hydroxylation sites is 1. The van der Waals surface area contributed by atoms with Gasteiger partial charge in [-0.25, -0.2) is 9.07 Å². The molecule has 0 unspecified atom stereocenters. The number of nitrogens with one attached hydrogen (secondary N) is 1. The lowest BCUT2D eigenvalue weighted by Gasteiger charge is -2.12. The molecular formula is C19H15FN4O4. The summed E-state index contributed by atoms with van der Waals surface area (Å²) in [5.74, 6) is -1.42. The normalized spacial score (nSPS) is 10.5. The molecule has 0 saturated carbocycles. The fourth-order valence-corrected chi connectivity index (χ4v) is 2.65. The second-order valence-corrected chi connectivity index (χ2v) is 6.07. The van der Waals surface area contributed by atoms with Gasteiger partial charge in [0.1, 0.15) is 11.5 Å². The first-order valence-electron chi connectivity index (χ1n) is 8.20. The van der Waals surface area contributed by atoms with Crippen molar-refractivity contribution in [2.24, 2.45) is 0 Å². The van der Waals surface area contributed by atoms with E-state index in [2.05, 4.69) is 10.4 Å². The largest absolute Gasteiger partial charge is 0.320 e. The molecule has 0 fully saturated rings. The summed E-state index contributed by atoms with van der Waals surface area (Å²) in [5.41, 5.74) is -0.280. The number of anilines is 1.